The normalized spacial score (nSPS) is 12.4. The minimum absolute atomic E-state index is 0.185. The molecule has 1 unspecified atom stereocenters. The fourth-order valence-corrected chi connectivity index (χ4v) is 2.93. The summed E-state index contributed by atoms with van der Waals surface area (Å²) >= 11 is 1.67. The quantitative estimate of drug-likeness (QED) is 0.883. The predicted molar refractivity (Wildman–Crippen MR) is 77.8 cm³/mol. The Hall–Kier alpha value is -1.39. The van der Waals surface area contributed by atoms with Crippen LogP contribution in [-0.4, -0.2) is 23.8 Å². The number of benzene rings is 1. The number of aryl methyl sites for hydroxylation is 1. The predicted octanol–water partition coefficient (Wildman–Crippen LogP) is 2.85. The van der Waals surface area contributed by atoms with Crippen LogP contribution in [0.15, 0.2) is 29.6 Å². The molecule has 2 aromatic rings. The second-order valence-electron chi connectivity index (χ2n) is 4.69. The molecule has 2 rings (SSSR count). The highest BCUT2D eigenvalue weighted by molar-refractivity contribution is 7.09. The van der Waals surface area contributed by atoms with E-state index in [1.54, 1.807) is 18.4 Å². The van der Waals surface area contributed by atoms with E-state index in [0.29, 0.717) is 0 Å². The van der Waals surface area contributed by atoms with Crippen LogP contribution in [0.2, 0.25) is 0 Å². The Morgan fingerprint density at radius 2 is 2.00 bits per heavy atom. The monoisotopic (exact) mass is 277 g/mol. The number of aliphatic hydroxyl groups is 1. The van der Waals surface area contributed by atoms with Crippen molar-refractivity contribution >= 4 is 11.3 Å². The van der Waals surface area contributed by atoms with Crippen LogP contribution in [0.3, 0.4) is 0 Å². The molecule has 1 atom stereocenters. The summed E-state index contributed by atoms with van der Waals surface area (Å²) in [7, 11) is 1.66. The number of aromatic nitrogens is 1. The van der Waals surface area contributed by atoms with Crippen LogP contribution in [0.25, 0.3) is 0 Å². The summed E-state index contributed by atoms with van der Waals surface area (Å²) in [6.45, 7) is 2.18. The molecule has 4 heteroatoms. The van der Waals surface area contributed by atoms with Crippen LogP contribution in [0.5, 0.6) is 5.75 Å². The molecule has 0 amide bonds. The van der Waals surface area contributed by atoms with E-state index in [1.807, 2.05) is 19.1 Å². The van der Waals surface area contributed by atoms with Crippen LogP contribution in [-0.2, 0) is 12.8 Å². The van der Waals surface area contributed by atoms with E-state index in [9.17, 15) is 5.11 Å². The van der Waals surface area contributed by atoms with Crippen molar-refractivity contribution in [2.24, 2.45) is 5.92 Å². The number of rotatable bonds is 6. The van der Waals surface area contributed by atoms with Gasteiger partial charge in [-0.05, 0) is 37.0 Å². The number of hydrogen-bond donors (Lipinski definition) is 1. The van der Waals surface area contributed by atoms with Crippen LogP contribution < -0.4 is 4.74 Å². The van der Waals surface area contributed by atoms with Gasteiger partial charge in [0.25, 0.3) is 0 Å². The molecule has 102 valence electrons. The lowest BCUT2D eigenvalue weighted by atomic mass is 9.97. The number of nitrogens with zero attached hydrogens (tertiary/aromatic N) is 1. The first-order chi connectivity index (χ1) is 9.21. The van der Waals surface area contributed by atoms with Crippen molar-refractivity contribution in [1.82, 2.24) is 4.98 Å². The molecule has 0 bridgehead atoms. The Balaban J connectivity index is 1.97. The highest BCUT2D eigenvalue weighted by Crippen LogP contribution is 2.19. The third-order valence-corrected chi connectivity index (χ3v) is 4.06. The average Bonchev–Trinajstić information content (AvgIpc) is 2.84. The van der Waals surface area contributed by atoms with Crippen molar-refractivity contribution in [1.29, 1.82) is 0 Å². The molecule has 0 aliphatic rings. The van der Waals surface area contributed by atoms with E-state index in [2.05, 4.69) is 22.5 Å². The van der Waals surface area contributed by atoms with Crippen molar-refractivity contribution in [2.45, 2.75) is 19.8 Å². The molecule has 0 fully saturated rings. The Labute approximate surface area is 117 Å². The van der Waals surface area contributed by atoms with Crippen LogP contribution in [0.4, 0.5) is 0 Å². The standard InChI is InChI=1S/C15H19NO2S/c1-11-10-19-15(16-11)8-13(9-17)7-12-3-5-14(18-2)6-4-12/h3-6,10,13,17H,7-9H2,1-2H3. The van der Waals surface area contributed by atoms with Gasteiger partial charge < -0.3 is 9.84 Å². The summed E-state index contributed by atoms with van der Waals surface area (Å²) < 4.78 is 5.14. The Kier molecular flexibility index (Phi) is 4.93. The van der Waals surface area contributed by atoms with E-state index in [-0.39, 0.29) is 12.5 Å². The maximum absolute atomic E-state index is 9.51. The second-order valence-corrected chi connectivity index (χ2v) is 5.63. The minimum atomic E-state index is 0.185. The van der Waals surface area contributed by atoms with Crippen LogP contribution >= 0.6 is 11.3 Å². The molecule has 1 N–H and O–H groups in total. The van der Waals surface area contributed by atoms with Gasteiger partial charge in [0.1, 0.15) is 5.75 Å². The number of aliphatic hydroxyl groups excluding tert-OH is 1. The molecule has 1 aromatic carbocycles. The summed E-state index contributed by atoms with van der Waals surface area (Å²) in [5.41, 5.74) is 2.27. The lowest BCUT2D eigenvalue weighted by Crippen LogP contribution is -2.12. The van der Waals surface area contributed by atoms with Crippen molar-refractivity contribution < 1.29 is 9.84 Å². The SMILES string of the molecule is COc1ccc(CC(CO)Cc2nc(C)cs2)cc1. The number of ether oxygens (including phenoxy) is 1. The molecule has 1 aromatic heterocycles. The average molecular weight is 277 g/mol. The fraction of sp³-hybridized carbons (Fsp3) is 0.400. The van der Waals surface area contributed by atoms with Gasteiger partial charge in [0, 0.05) is 24.1 Å². The first-order valence-corrected chi connectivity index (χ1v) is 7.24. The first kappa shape index (κ1) is 14.0. The fourth-order valence-electron chi connectivity index (χ4n) is 2.04. The van der Waals surface area contributed by atoms with E-state index in [1.165, 1.54) is 5.56 Å². The molecular weight excluding hydrogens is 258 g/mol. The zero-order valence-electron chi connectivity index (χ0n) is 11.3. The summed E-state index contributed by atoms with van der Waals surface area (Å²) in [5.74, 6) is 1.08. The highest BCUT2D eigenvalue weighted by atomic mass is 32.1. The maximum atomic E-state index is 9.51. The molecule has 0 radical (unpaired) electrons. The van der Waals surface area contributed by atoms with Crippen molar-refractivity contribution in [3.05, 3.63) is 45.9 Å². The van der Waals surface area contributed by atoms with Crippen LogP contribution in [0, 0.1) is 12.8 Å². The van der Waals surface area contributed by atoms with Gasteiger partial charge in [0.05, 0.1) is 12.1 Å². The molecule has 3 nitrogen and oxygen atoms in total. The zero-order valence-corrected chi connectivity index (χ0v) is 12.1. The topological polar surface area (TPSA) is 42.4 Å². The van der Waals surface area contributed by atoms with Gasteiger partial charge in [-0.25, -0.2) is 4.98 Å². The minimum Gasteiger partial charge on any atom is -0.497 e. The summed E-state index contributed by atoms with van der Waals surface area (Å²) in [5, 5.41) is 12.7. The third-order valence-electron chi connectivity index (χ3n) is 3.07. The third kappa shape index (κ3) is 4.04. The van der Waals surface area contributed by atoms with Crippen molar-refractivity contribution in [3.63, 3.8) is 0 Å². The van der Waals surface area contributed by atoms with Crippen LogP contribution in [0.1, 0.15) is 16.3 Å². The van der Waals surface area contributed by atoms with Crippen molar-refractivity contribution in [3.8, 4) is 5.75 Å². The Morgan fingerprint density at radius 1 is 1.26 bits per heavy atom. The van der Waals surface area contributed by atoms with Gasteiger partial charge in [-0.2, -0.15) is 0 Å². The summed E-state index contributed by atoms with van der Waals surface area (Å²) in [4.78, 5) is 4.45. The molecular formula is C15H19NO2S. The zero-order chi connectivity index (χ0) is 13.7. The molecule has 19 heavy (non-hydrogen) atoms. The lowest BCUT2D eigenvalue weighted by molar-refractivity contribution is 0.225. The molecule has 0 aliphatic carbocycles. The van der Waals surface area contributed by atoms with Crippen molar-refractivity contribution in [2.75, 3.05) is 13.7 Å². The molecule has 0 saturated heterocycles. The lowest BCUT2D eigenvalue weighted by Gasteiger charge is -2.13. The van der Waals surface area contributed by atoms with E-state index < -0.39 is 0 Å². The Bertz CT molecular complexity index is 507. The molecule has 0 spiro atoms. The molecule has 0 aliphatic heterocycles. The van der Waals surface area contributed by atoms with Gasteiger partial charge in [-0.1, -0.05) is 12.1 Å². The van der Waals surface area contributed by atoms with E-state index in [0.717, 1.165) is 29.3 Å². The smallest absolute Gasteiger partial charge is 0.118 e. The number of thiazole rings is 1. The van der Waals surface area contributed by atoms with E-state index in [4.69, 9.17) is 4.74 Å². The highest BCUT2D eigenvalue weighted by Gasteiger charge is 2.12. The number of methoxy groups -OCH3 is 1. The number of hydrogen-bond acceptors (Lipinski definition) is 4. The largest absolute Gasteiger partial charge is 0.497 e. The van der Waals surface area contributed by atoms with Gasteiger partial charge in [0.15, 0.2) is 0 Å². The first-order valence-electron chi connectivity index (χ1n) is 6.36. The van der Waals surface area contributed by atoms with Gasteiger partial charge >= 0.3 is 0 Å². The summed E-state index contributed by atoms with van der Waals surface area (Å²) in [6.07, 6.45) is 1.69. The second kappa shape index (κ2) is 6.68. The Morgan fingerprint density at radius 3 is 2.53 bits per heavy atom. The van der Waals surface area contributed by atoms with Gasteiger partial charge in [0.2, 0.25) is 0 Å². The molecule has 0 saturated carbocycles. The van der Waals surface area contributed by atoms with Gasteiger partial charge in [-0.15, -0.1) is 11.3 Å². The molecule has 1 heterocycles. The summed E-state index contributed by atoms with van der Waals surface area (Å²) in [6, 6.07) is 8.01. The maximum Gasteiger partial charge on any atom is 0.118 e. The van der Waals surface area contributed by atoms with E-state index >= 15 is 0 Å². The van der Waals surface area contributed by atoms with Gasteiger partial charge in [-0.3, -0.25) is 0 Å².